The molecule has 5 rings (SSSR count). The number of nitrogens with zero attached hydrogens (tertiary/aromatic N) is 1. The smallest absolute Gasteiger partial charge is 0.250 e. The summed E-state index contributed by atoms with van der Waals surface area (Å²) in [4.78, 5) is 42.8. The van der Waals surface area contributed by atoms with E-state index in [1.807, 2.05) is 32.0 Å². The molecule has 36 heavy (non-hydrogen) atoms. The van der Waals surface area contributed by atoms with Crippen molar-refractivity contribution in [1.29, 1.82) is 0 Å². The number of ether oxygens (including phenoxy) is 1. The van der Waals surface area contributed by atoms with Gasteiger partial charge in [-0.1, -0.05) is 36.7 Å². The van der Waals surface area contributed by atoms with Gasteiger partial charge in [-0.15, -0.1) is 0 Å². The number of likely N-dealkylation sites (tertiary alicyclic amines) is 1. The lowest BCUT2D eigenvalue weighted by molar-refractivity contribution is -0.146. The summed E-state index contributed by atoms with van der Waals surface area (Å²) >= 11 is 5.99. The molecule has 190 valence electrons. The Morgan fingerprint density at radius 1 is 1.08 bits per heavy atom. The predicted molar refractivity (Wildman–Crippen MR) is 135 cm³/mol. The molecule has 2 aromatic rings. The van der Waals surface area contributed by atoms with E-state index in [0.29, 0.717) is 35.7 Å². The number of nitrogens with one attached hydrogen (secondary N) is 2. The lowest BCUT2D eigenvalue weighted by atomic mass is 9.66. The fourth-order valence-electron chi connectivity index (χ4n) is 6.36. The number of para-hydroxylation sites is 1. The highest BCUT2D eigenvalue weighted by Crippen LogP contribution is 2.63. The zero-order valence-electron chi connectivity index (χ0n) is 20.2. The average molecular weight is 512 g/mol. The van der Waals surface area contributed by atoms with Crippen LogP contribution in [-0.4, -0.2) is 57.6 Å². The molecule has 9 heteroatoms. The molecule has 6 atom stereocenters. The molecule has 3 N–H and O–H groups in total. The van der Waals surface area contributed by atoms with Crippen molar-refractivity contribution in [2.45, 2.75) is 56.4 Å². The normalized spacial score (nSPS) is 31.3. The molecule has 2 aromatic carbocycles. The Kier molecular flexibility index (Phi) is 6.31. The Balaban J connectivity index is 1.53. The van der Waals surface area contributed by atoms with E-state index in [0.717, 1.165) is 0 Å². The van der Waals surface area contributed by atoms with Crippen molar-refractivity contribution in [3.8, 4) is 0 Å². The number of carbonyl (C=O) groups is 3. The molecule has 0 aliphatic carbocycles. The van der Waals surface area contributed by atoms with Crippen molar-refractivity contribution in [2.24, 2.45) is 11.8 Å². The number of amides is 3. The van der Waals surface area contributed by atoms with Crippen LogP contribution in [0.2, 0.25) is 5.02 Å². The Hall–Kier alpha value is -2.94. The Morgan fingerprint density at radius 2 is 1.72 bits per heavy atom. The number of anilines is 2. The first kappa shape index (κ1) is 24.7. The van der Waals surface area contributed by atoms with Gasteiger partial charge in [0.05, 0.1) is 30.1 Å². The number of fused-ring (bicyclic) bond motifs is 1. The van der Waals surface area contributed by atoms with E-state index in [4.69, 9.17) is 16.3 Å². The van der Waals surface area contributed by atoms with Crippen molar-refractivity contribution >= 4 is 40.7 Å². The second-order valence-corrected chi connectivity index (χ2v) is 10.5. The second kappa shape index (κ2) is 9.18. The van der Waals surface area contributed by atoms with E-state index in [9.17, 15) is 19.5 Å². The van der Waals surface area contributed by atoms with Gasteiger partial charge in [-0.2, -0.15) is 0 Å². The van der Waals surface area contributed by atoms with Gasteiger partial charge >= 0.3 is 0 Å². The zero-order valence-corrected chi connectivity index (χ0v) is 21.0. The highest BCUT2D eigenvalue weighted by molar-refractivity contribution is 6.30. The van der Waals surface area contributed by atoms with E-state index >= 15 is 0 Å². The van der Waals surface area contributed by atoms with Crippen molar-refractivity contribution in [3.05, 3.63) is 59.6 Å². The van der Waals surface area contributed by atoms with Crippen LogP contribution < -0.4 is 10.6 Å². The molecule has 3 heterocycles. The monoisotopic (exact) mass is 511 g/mol. The molecule has 0 aromatic heterocycles. The summed E-state index contributed by atoms with van der Waals surface area (Å²) < 4.78 is 6.59. The highest BCUT2D eigenvalue weighted by Gasteiger charge is 2.78. The first-order chi connectivity index (χ1) is 17.2. The first-order valence-corrected chi connectivity index (χ1v) is 12.7. The van der Waals surface area contributed by atoms with Crippen molar-refractivity contribution in [3.63, 3.8) is 0 Å². The predicted octanol–water partition coefficient (Wildman–Crippen LogP) is 3.45. The van der Waals surface area contributed by atoms with Crippen molar-refractivity contribution < 1.29 is 24.2 Å². The third kappa shape index (κ3) is 3.79. The number of hydrogen-bond acceptors (Lipinski definition) is 5. The van der Waals surface area contributed by atoms with Crippen LogP contribution in [0.5, 0.6) is 0 Å². The fourth-order valence-corrected chi connectivity index (χ4v) is 6.48. The first-order valence-electron chi connectivity index (χ1n) is 12.3. The summed E-state index contributed by atoms with van der Waals surface area (Å²) in [5, 5.41) is 16.5. The maximum absolute atomic E-state index is 14.0. The van der Waals surface area contributed by atoms with Gasteiger partial charge < -0.3 is 25.4 Å². The van der Waals surface area contributed by atoms with Crippen LogP contribution >= 0.6 is 11.6 Å². The quantitative estimate of drug-likeness (QED) is 0.527. The number of rotatable bonds is 7. The summed E-state index contributed by atoms with van der Waals surface area (Å²) in [6, 6.07) is 14.2. The number of aliphatic hydroxyl groups excluding tert-OH is 1. The van der Waals surface area contributed by atoms with Crippen molar-refractivity contribution in [1.82, 2.24) is 4.90 Å². The fraction of sp³-hybridized carbons (Fsp3) is 0.444. The number of hydrogen-bond donors (Lipinski definition) is 3. The van der Waals surface area contributed by atoms with E-state index in [-0.39, 0.29) is 18.4 Å². The SMILES string of the molecule is CC[C@@H](CO)N1C(=O)[C@@H]2[C@@H](C(=O)Nc3ccccc3)[C@@]3(C)CCC2(O3)C1C(=O)Nc1ccc(Cl)cc1. The van der Waals surface area contributed by atoms with E-state index in [1.54, 1.807) is 36.4 Å². The van der Waals surface area contributed by atoms with Crippen LogP contribution in [-0.2, 0) is 19.1 Å². The van der Waals surface area contributed by atoms with Crippen LogP contribution in [0.1, 0.15) is 33.1 Å². The Bertz CT molecular complexity index is 1170. The lowest BCUT2D eigenvalue weighted by Gasteiger charge is -2.36. The van der Waals surface area contributed by atoms with E-state index in [1.165, 1.54) is 4.90 Å². The average Bonchev–Trinajstić information content (AvgIpc) is 3.43. The summed E-state index contributed by atoms with van der Waals surface area (Å²) in [6.07, 6.45) is 1.46. The minimum absolute atomic E-state index is 0.298. The third-order valence-corrected chi connectivity index (χ3v) is 8.23. The van der Waals surface area contributed by atoms with Gasteiger partial charge in [0.25, 0.3) is 0 Å². The van der Waals surface area contributed by atoms with Gasteiger partial charge in [0, 0.05) is 16.4 Å². The van der Waals surface area contributed by atoms with Gasteiger partial charge in [0.2, 0.25) is 17.7 Å². The van der Waals surface area contributed by atoms with Crippen LogP contribution in [0.3, 0.4) is 0 Å². The molecule has 0 saturated carbocycles. The zero-order chi connectivity index (χ0) is 25.7. The molecule has 3 fully saturated rings. The molecule has 2 bridgehead atoms. The highest BCUT2D eigenvalue weighted by atomic mass is 35.5. The molecule has 8 nitrogen and oxygen atoms in total. The van der Waals surface area contributed by atoms with Crippen LogP contribution in [0.15, 0.2) is 54.6 Å². The molecule has 3 amide bonds. The van der Waals surface area contributed by atoms with Crippen LogP contribution in [0.25, 0.3) is 0 Å². The minimum Gasteiger partial charge on any atom is -0.394 e. The van der Waals surface area contributed by atoms with Gasteiger partial charge in [0.1, 0.15) is 11.6 Å². The lowest BCUT2D eigenvalue weighted by Crippen LogP contribution is -2.56. The molecule has 3 saturated heterocycles. The maximum Gasteiger partial charge on any atom is 0.250 e. The molecule has 3 aliphatic heterocycles. The minimum atomic E-state index is -1.16. The number of carbonyl (C=O) groups excluding carboxylic acids is 3. The topological polar surface area (TPSA) is 108 Å². The largest absolute Gasteiger partial charge is 0.394 e. The Morgan fingerprint density at radius 3 is 2.36 bits per heavy atom. The van der Waals surface area contributed by atoms with Crippen molar-refractivity contribution in [2.75, 3.05) is 17.2 Å². The summed E-state index contributed by atoms with van der Waals surface area (Å²) in [5.74, 6) is -2.65. The third-order valence-electron chi connectivity index (χ3n) is 7.97. The second-order valence-electron chi connectivity index (χ2n) is 10.1. The van der Waals surface area contributed by atoms with Gasteiger partial charge in [0.15, 0.2) is 0 Å². The summed E-state index contributed by atoms with van der Waals surface area (Å²) in [5.41, 5.74) is -0.885. The maximum atomic E-state index is 14.0. The molecule has 2 unspecified atom stereocenters. The molecular weight excluding hydrogens is 482 g/mol. The van der Waals surface area contributed by atoms with Gasteiger partial charge in [-0.25, -0.2) is 0 Å². The van der Waals surface area contributed by atoms with Crippen LogP contribution in [0.4, 0.5) is 11.4 Å². The molecule has 1 spiro atoms. The summed E-state index contributed by atoms with van der Waals surface area (Å²) in [7, 11) is 0. The van der Waals surface area contributed by atoms with E-state index < -0.39 is 41.0 Å². The van der Waals surface area contributed by atoms with Crippen LogP contribution in [0, 0.1) is 11.8 Å². The molecule has 0 radical (unpaired) electrons. The summed E-state index contributed by atoms with van der Waals surface area (Å²) in [6.45, 7) is 3.41. The van der Waals surface area contributed by atoms with Gasteiger partial charge in [-0.05, 0) is 62.6 Å². The Labute approximate surface area is 215 Å². The van der Waals surface area contributed by atoms with E-state index in [2.05, 4.69) is 10.6 Å². The number of halogens is 1. The molecule has 3 aliphatic rings. The number of benzene rings is 2. The standard InChI is InChI=1S/C27H30ClN3O5/c1-3-19(15-32)31-22(24(34)30-18-11-9-16(28)10-12-18)27-14-13-26(2,36-27)20(21(27)25(31)35)23(33)29-17-7-5-4-6-8-17/h4-12,19-22,32H,3,13-15H2,1-2H3,(H,29,33)(H,30,34)/t19-,20-,21-,22?,26+,27?/m0/s1. The molecular formula is C27H30ClN3O5. The van der Waals surface area contributed by atoms with Gasteiger partial charge in [-0.3, -0.25) is 14.4 Å². The number of aliphatic hydroxyl groups is 1.